The van der Waals surface area contributed by atoms with Crippen molar-refractivity contribution in [3.63, 3.8) is 0 Å². The highest BCUT2D eigenvalue weighted by Gasteiger charge is 2.16. The minimum atomic E-state index is -3.77. The third-order valence-electron chi connectivity index (χ3n) is 4.04. The lowest BCUT2D eigenvalue weighted by Gasteiger charge is -2.12. The van der Waals surface area contributed by atoms with E-state index >= 15 is 0 Å². The maximum Gasteiger partial charge on any atom is 0.262 e. The van der Waals surface area contributed by atoms with Gasteiger partial charge in [0.2, 0.25) is 0 Å². The number of sulfonamides is 1. The SMILES string of the molecule is Cc1cc(S(=O)(=O)Nc2ccc(Cl)cc2)ccc1OCC(=O)Nc1ccc(I)cc1. The van der Waals surface area contributed by atoms with E-state index in [4.69, 9.17) is 16.3 Å². The van der Waals surface area contributed by atoms with Crippen molar-refractivity contribution in [3.05, 3.63) is 80.9 Å². The fourth-order valence-corrected chi connectivity index (χ4v) is 4.19. The molecule has 156 valence electrons. The topological polar surface area (TPSA) is 84.5 Å². The van der Waals surface area contributed by atoms with E-state index in [2.05, 4.69) is 32.6 Å². The van der Waals surface area contributed by atoms with Crippen LogP contribution in [-0.2, 0) is 14.8 Å². The summed E-state index contributed by atoms with van der Waals surface area (Å²) < 4.78 is 34.3. The average molecular weight is 557 g/mol. The third kappa shape index (κ3) is 6.10. The van der Waals surface area contributed by atoms with E-state index in [1.54, 1.807) is 43.3 Å². The molecule has 0 aliphatic carbocycles. The Morgan fingerprint density at radius 2 is 1.63 bits per heavy atom. The van der Waals surface area contributed by atoms with Gasteiger partial charge in [-0.3, -0.25) is 9.52 Å². The number of anilines is 2. The van der Waals surface area contributed by atoms with Crippen LogP contribution in [0.5, 0.6) is 5.75 Å². The zero-order chi connectivity index (χ0) is 21.7. The highest BCUT2D eigenvalue weighted by molar-refractivity contribution is 14.1. The molecule has 3 aromatic rings. The Kier molecular flexibility index (Phi) is 7.22. The van der Waals surface area contributed by atoms with E-state index in [-0.39, 0.29) is 17.4 Å². The zero-order valence-corrected chi connectivity index (χ0v) is 19.6. The van der Waals surface area contributed by atoms with E-state index < -0.39 is 10.0 Å². The number of hydrogen-bond donors (Lipinski definition) is 2. The van der Waals surface area contributed by atoms with E-state index in [1.165, 1.54) is 18.2 Å². The van der Waals surface area contributed by atoms with Gasteiger partial charge < -0.3 is 10.1 Å². The normalized spacial score (nSPS) is 11.0. The van der Waals surface area contributed by atoms with Crippen molar-refractivity contribution in [2.45, 2.75) is 11.8 Å². The summed E-state index contributed by atoms with van der Waals surface area (Å²) in [5.41, 5.74) is 1.68. The molecular formula is C21H18ClIN2O4S. The first-order valence-electron chi connectivity index (χ1n) is 8.80. The summed E-state index contributed by atoms with van der Waals surface area (Å²) >= 11 is 8.01. The molecule has 6 nitrogen and oxygen atoms in total. The maximum atomic E-state index is 12.6. The molecular weight excluding hydrogens is 539 g/mol. The van der Waals surface area contributed by atoms with E-state index in [0.29, 0.717) is 27.7 Å². The molecule has 3 rings (SSSR count). The number of halogens is 2. The summed E-state index contributed by atoms with van der Waals surface area (Å²) in [4.78, 5) is 12.2. The zero-order valence-electron chi connectivity index (χ0n) is 15.9. The summed E-state index contributed by atoms with van der Waals surface area (Å²) in [6, 6.07) is 18.2. The first kappa shape index (κ1) is 22.4. The predicted molar refractivity (Wildman–Crippen MR) is 127 cm³/mol. The third-order valence-corrected chi connectivity index (χ3v) is 6.39. The molecule has 0 atom stereocenters. The number of ether oxygens (including phenoxy) is 1. The molecule has 0 bridgehead atoms. The highest BCUT2D eigenvalue weighted by Crippen LogP contribution is 2.24. The van der Waals surface area contributed by atoms with Gasteiger partial charge in [0.05, 0.1) is 4.90 Å². The van der Waals surface area contributed by atoms with Crippen LogP contribution in [0.2, 0.25) is 5.02 Å². The second-order valence-corrected chi connectivity index (χ2v) is 9.75. The summed E-state index contributed by atoms with van der Waals surface area (Å²) in [5, 5.41) is 3.26. The summed E-state index contributed by atoms with van der Waals surface area (Å²) in [7, 11) is -3.77. The van der Waals surface area contributed by atoms with Gasteiger partial charge in [-0.05, 0) is 102 Å². The molecule has 0 aromatic heterocycles. The number of rotatable bonds is 7. The largest absolute Gasteiger partial charge is 0.483 e. The van der Waals surface area contributed by atoms with Crippen LogP contribution in [0.1, 0.15) is 5.56 Å². The Balaban J connectivity index is 1.63. The van der Waals surface area contributed by atoms with E-state index in [9.17, 15) is 13.2 Å². The fraction of sp³-hybridized carbons (Fsp3) is 0.0952. The lowest BCUT2D eigenvalue weighted by Crippen LogP contribution is -2.20. The molecule has 0 saturated heterocycles. The van der Waals surface area contributed by atoms with Crippen LogP contribution in [0.15, 0.2) is 71.6 Å². The van der Waals surface area contributed by atoms with Gasteiger partial charge in [0.1, 0.15) is 5.75 Å². The molecule has 0 radical (unpaired) electrons. The van der Waals surface area contributed by atoms with Crippen LogP contribution in [0, 0.1) is 10.5 Å². The van der Waals surface area contributed by atoms with Crippen LogP contribution in [0.4, 0.5) is 11.4 Å². The lowest BCUT2D eigenvalue weighted by molar-refractivity contribution is -0.118. The van der Waals surface area contributed by atoms with Crippen LogP contribution in [0.25, 0.3) is 0 Å². The van der Waals surface area contributed by atoms with Crippen molar-refractivity contribution in [3.8, 4) is 5.75 Å². The second-order valence-electron chi connectivity index (χ2n) is 6.38. The number of nitrogens with one attached hydrogen (secondary N) is 2. The first-order chi connectivity index (χ1) is 14.2. The Hall–Kier alpha value is -2.30. The van der Waals surface area contributed by atoms with Crippen molar-refractivity contribution in [2.75, 3.05) is 16.6 Å². The quantitative estimate of drug-likeness (QED) is 0.398. The van der Waals surface area contributed by atoms with Gasteiger partial charge in [0.25, 0.3) is 15.9 Å². The first-order valence-corrected chi connectivity index (χ1v) is 11.7. The van der Waals surface area contributed by atoms with Crippen LogP contribution >= 0.6 is 34.2 Å². The maximum absolute atomic E-state index is 12.6. The van der Waals surface area contributed by atoms with Crippen LogP contribution in [0.3, 0.4) is 0 Å². The molecule has 0 spiro atoms. The van der Waals surface area contributed by atoms with Gasteiger partial charge in [-0.2, -0.15) is 0 Å². The van der Waals surface area contributed by atoms with Crippen LogP contribution in [-0.4, -0.2) is 20.9 Å². The van der Waals surface area contributed by atoms with Crippen LogP contribution < -0.4 is 14.8 Å². The minimum absolute atomic E-state index is 0.0886. The van der Waals surface area contributed by atoms with Crippen molar-refractivity contribution in [2.24, 2.45) is 0 Å². The second kappa shape index (κ2) is 9.67. The smallest absolute Gasteiger partial charge is 0.262 e. The number of benzene rings is 3. The standard InChI is InChI=1S/C21H18ClIN2O4S/c1-14-12-19(30(27,28)25-18-6-2-15(22)3-7-18)10-11-20(14)29-13-21(26)24-17-8-4-16(23)5-9-17/h2-12,25H,13H2,1H3,(H,24,26). The summed E-state index contributed by atoms with van der Waals surface area (Å²) in [5.74, 6) is 0.120. The van der Waals surface area contributed by atoms with Gasteiger partial charge >= 0.3 is 0 Å². The lowest BCUT2D eigenvalue weighted by atomic mass is 10.2. The summed E-state index contributed by atoms with van der Waals surface area (Å²) in [6.45, 7) is 1.52. The molecule has 30 heavy (non-hydrogen) atoms. The number of hydrogen-bond acceptors (Lipinski definition) is 4. The molecule has 0 aliphatic rings. The predicted octanol–water partition coefficient (Wildman–Crippen LogP) is 5.07. The number of amides is 1. The van der Waals surface area contributed by atoms with Gasteiger partial charge in [-0.25, -0.2) is 8.42 Å². The Morgan fingerprint density at radius 1 is 1.00 bits per heavy atom. The van der Waals surface area contributed by atoms with Crippen molar-refractivity contribution >= 4 is 61.5 Å². The molecule has 0 fully saturated rings. The van der Waals surface area contributed by atoms with Gasteiger partial charge in [-0.15, -0.1) is 0 Å². The van der Waals surface area contributed by atoms with Gasteiger partial charge in [0, 0.05) is 20.0 Å². The number of aryl methyl sites for hydroxylation is 1. The molecule has 9 heteroatoms. The van der Waals surface area contributed by atoms with Crippen molar-refractivity contribution in [1.82, 2.24) is 0 Å². The van der Waals surface area contributed by atoms with E-state index in [1.807, 2.05) is 12.1 Å². The molecule has 0 heterocycles. The van der Waals surface area contributed by atoms with Crippen molar-refractivity contribution in [1.29, 1.82) is 0 Å². The Labute approximate surface area is 193 Å². The molecule has 2 N–H and O–H groups in total. The molecule has 0 saturated carbocycles. The van der Waals surface area contributed by atoms with Gasteiger partial charge in [0.15, 0.2) is 6.61 Å². The van der Waals surface area contributed by atoms with E-state index in [0.717, 1.165) is 3.57 Å². The number of carbonyl (C=O) groups is 1. The molecule has 3 aromatic carbocycles. The minimum Gasteiger partial charge on any atom is -0.483 e. The highest BCUT2D eigenvalue weighted by atomic mass is 127. The fourth-order valence-electron chi connectivity index (χ4n) is 2.56. The monoisotopic (exact) mass is 556 g/mol. The average Bonchev–Trinajstić information content (AvgIpc) is 2.70. The Morgan fingerprint density at radius 3 is 2.27 bits per heavy atom. The molecule has 0 unspecified atom stereocenters. The number of carbonyl (C=O) groups excluding carboxylic acids is 1. The molecule has 0 aliphatic heterocycles. The Bertz CT molecular complexity index is 1150. The molecule has 1 amide bonds. The van der Waals surface area contributed by atoms with Gasteiger partial charge in [-0.1, -0.05) is 11.6 Å². The summed E-state index contributed by atoms with van der Waals surface area (Å²) in [6.07, 6.45) is 0. The van der Waals surface area contributed by atoms with Crippen molar-refractivity contribution < 1.29 is 17.9 Å².